The summed E-state index contributed by atoms with van der Waals surface area (Å²) in [6.07, 6.45) is 0.846. The van der Waals surface area contributed by atoms with E-state index in [9.17, 15) is 13.2 Å². The highest BCUT2D eigenvalue weighted by molar-refractivity contribution is 5.94. The van der Waals surface area contributed by atoms with Gasteiger partial charge in [0.05, 0.1) is 11.9 Å². The molecule has 0 saturated heterocycles. The SMILES string of the molecule is CC.CC.CC(C)(C)C(F)F.CCCc1ccc2c(N(C)c3cc(C)cc(F)c3)nc(=N)n(C=N)c2c1. The van der Waals surface area contributed by atoms with Crippen molar-refractivity contribution < 1.29 is 13.2 Å². The lowest BCUT2D eigenvalue weighted by Crippen LogP contribution is -2.26. The van der Waals surface area contributed by atoms with E-state index in [1.165, 1.54) is 37.5 Å². The van der Waals surface area contributed by atoms with Crippen LogP contribution in [0.3, 0.4) is 0 Å². The fourth-order valence-electron chi connectivity index (χ4n) is 3.16. The first kappa shape index (κ1) is 33.8. The van der Waals surface area contributed by atoms with E-state index in [4.69, 9.17) is 10.8 Å². The van der Waals surface area contributed by atoms with E-state index < -0.39 is 11.8 Å². The van der Waals surface area contributed by atoms with E-state index in [1.807, 2.05) is 65.9 Å². The summed E-state index contributed by atoms with van der Waals surface area (Å²) in [5.74, 6) is 0.258. The third-order valence-corrected chi connectivity index (χ3v) is 5.06. The quantitative estimate of drug-likeness (QED) is 0.262. The Morgan fingerprint density at radius 3 is 2.08 bits per heavy atom. The zero-order valence-corrected chi connectivity index (χ0v) is 24.0. The van der Waals surface area contributed by atoms with E-state index in [1.54, 1.807) is 4.90 Å². The molecule has 0 radical (unpaired) electrons. The number of halogens is 3. The van der Waals surface area contributed by atoms with Gasteiger partial charge in [0, 0.05) is 23.5 Å². The lowest BCUT2D eigenvalue weighted by atomic mass is 9.98. The van der Waals surface area contributed by atoms with Gasteiger partial charge in [-0.3, -0.25) is 15.4 Å². The van der Waals surface area contributed by atoms with Crippen LogP contribution in [0.1, 0.15) is 72.9 Å². The minimum Gasteiger partial charge on any atom is -0.329 e. The van der Waals surface area contributed by atoms with Gasteiger partial charge >= 0.3 is 0 Å². The summed E-state index contributed by atoms with van der Waals surface area (Å²) >= 11 is 0. The summed E-state index contributed by atoms with van der Waals surface area (Å²) in [6, 6.07) is 10.8. The molecule has 2 N–H and O–H groups in total. The van der Waals surface area contributed by atoms with Gasteiger partial charge in [-0.1, -0.05) is 67.9 Å². The number of rotatable bonds is 5. The molecule has 0 atom stereocenters. The number of aromatic nitrogens is 2. The summed E-state index contributed by atoms with van der Waals surface area (Å²) in [5, 5.41) is 16.7. The Kier molecular flexibility index (Phi) is 14.5. The van der Waals surface area contributed by atoms with Gasteiger partial charge in [-0.2, -0.15) is 4.98 Å². The monoisotopic (exact) mass is 519 g/mol. The van der Waals surface area contributed by atoms with Crippen LogP contribution >= 0.6 is 0 Å². The highest BCUT2D eigenvalue weighted by Gasteiger charge is 2.22. The molecule has 0 aliphatic carbocycles. The molecule has 0 aliphatic heterocycles. The second-order valence-electron chi connectivity index (χ2n) is 9.07. The van der Waals surface area contributed by atoms with Gasteiger partial charge in [0.15, 0.2) is 0 Å². The van der Waals surface area contributed by atoms with Crippen LogP contribution in [0, 0.1) is 29.0 Å². The molecule has 37 heavy (non-hydrogen) atoms. The van der Waals surface area contributed by atoms with Crippen LogP contribution in [0.15, 0.2) is 36.4 Å². The number of fused-ring (bicyclic) bond motifs is 1. The average molecular weight is 520 g/mol. The Labute approximate surface area is 220 Å². The first-order chi connectivity index (χ1) is 17.4. The van der Waals surface area contributed by atoms with Crippen LogP contribution in [-0.4, -0.2) is 29.4 Å². The molecule has 0 spiro atoms. The molecule has 3 aromatic rings. The minimum absolute atomic E-state index is 0.0314. The van der Waals surface area contributed by atoms with Gasteiger partial charge in [-0.15, -0.1) is 0 Å². The molecule has 1 heterocycles. The molecule has 0 aliphatic rings. The van der Waals surface area contributed by atoms with Crippen LogP contribution in [0.25, 0.3) is 10.9 Å². The van der Waals surface area contributed by atoms with Crippen molar-refractivity contribution in [1.82, 2.24) is 9.55 Å². The van der Waals surface area contributed by atoms with Gasteiger partial charge < -0.3 is 4.90 Å². The number of aryl methyl sites for hydroxylation is 2. The summed E-state index contributed by atoms with van der Waals surface area (Å²) < 4.78 is 38.4. The standard InChI is InChI=1S/C20H22FN5.C5H10F2.2C2H6/c1-4-5-14-6-7-17-18(10-14)26(12-22)20(23)24-19(17)25(3)16-9-13(2)8-15(21)11-16;1-5(2,3)4(6)7;2*1-2/h6-12,22-23H,4-5H2,1-3H3;4H,1-3H3;2*1-2H3. The number of nitrogens with one attached hydrogen (secondary N) is 2. The second-order valence-corrected chi connectivity index (χ2v) is 9.07. The minimum atomic E-state index is -2.20. The fraction of sp³-hybridized carbons (Fsp3) is 0.483. The van der Waals surface area contributed by atoms with Crippen molar-refractivity contribution in [3.8, 4) is 0 Å². The first-order valence-electron chi connectivity index (χ1n) is 12.8. The molecular weight excluding hydrogens is 475 g/mol. The van der Waals surface area contributed by atoms with Crippen LogP contribution < -0.4 is 10.5 Å². The Morgan fingerprint density at radius 1 is 1.05 bits per heavy atom. The fourth-order valence-corrected chi connectivity index (χ4v) is 3.16. The van der Waals surface area contributed by atoms with Crippen LogP contribution in [0.4, 0.5) is 24.7 Å². The van der Waals surface area contributed by atoms with Crippen LogP contribution in [-0.2, 0) is 6.42 Å². The number of hydrogen-bond donors (Lipinski definition) is 2. The molecule has 5 nitrogen and oxygen atoms in total. The zero-order valence-electron chi connectivity index (χ0n) is 24.0. The maximum absolute atomic E-state index is 13.8. The predicted octanol–water partition coefficient (Wildman–Crippen LogP) is 8.49. The van der Waals surface area contributed by atoms with E-state index in [0.29, 0.717) is 11.5 Å². The Bertz CT molecular complexity index is 1160. The lowest BCUT2D eigenvalue weighted by molar-refractivity contribution is 0.0324. The molecule has 206 valence electrons. The van der Waals surface area contributed by atoms with Crippen LogP contribution in [0.5, 0.6) is 0 Å². The van der Waals surface area contributed by atoms with Crippen molar-refractivity contribution in [1.29, 1.82) is 10.8 Å². The second kappa shape index (κ2) is 15.8. The normalized spacial score (nSPS) is 10.4. The molecule has 2 aromatic carbocycles. The van der Waals surface area contributed by atoms with Gasteiger partial charge in [0.1, 0.15) is 11.6 Å². The molecule has 0 unspecified atom stereocenters. The average Bonchev–Trinajstić information content (AvgIpc) is 2.85. The highest BCUT2D eigenvalue weighted by atomic mass is 19.3. The first-order valence-corrected chi connectivity index (χ1v) is 12.8. The number of anilines is 2. The van der Waals surface area contributed by atoms with E-state index in [-0.39, 0.29) is 11.4 Å². The highest BCUT2D eigenvalue weighted by Crippen LogP contribution is 2.29. The number of nitrogens with zero attached hydrogens (tertiary/aromatic N) is 3. The van der Waals surface area contributed by atoms with Crippen molar-refractivity contribution in [3.05, 3.63) is 59.0 Å². The summed E-state index contributed by atoms with van der Waals surface area (Å²) in [7, 11) is 1.81. The smallest absolute Gasteiger partial charge is 0.243 e. The lowest BCUT2D eigenvalue weighted by Gasteiger charge is -2.22. The van der Waals surface area contributed by atoms with E-state index in [0.717, 1.165) is 41.2 Å². The third-order valence-electron chi connectivity index (χ3n) is 5.06. The Morgan fingerprint density at radius 2 is 1.62 bits per heavy atom. The van der Waals surface area contributed by atoms with Crippen molar-refractivity contribution in [3.63, 3.8) is 0 Å². The number of benzene rings is 2. The molecule has 0 bridgehead atoms. The van der Waals surface area contributed by atoms with Crippen LogP contribution in [0.2, 0.25) is 0 Å². The Balaban J connectivity index is 0.00000101. The van der Waals surface area contributed by atoms with Crippen molar-refractivity contribution in [2.24, 2.45) is 5.41 Å². The van der Waals surface area contributed by atoms with Gasteiger partial charge in [-0.25, -0.2) is 13.2 Å². The predicted molar refractivity (Wildman–Crippen MR) is 151 cm³/mol. The van der Waals surface area contributed by atoms with Crippen molar-refractivity contribution in [2.75, 3.05) is 11.9 Å². The molecule has 8 heteroatoms. The summed E-state index contributed by atoms with van der Waals surface area (Å²) in [4.78, 5) is 6.15. The zero-order chi connectivity index (χ0) is 28.9. The third kappa shape index (κ3) is 9.67. The van der Waals surface area contributed by atoms with Gasteiger partial charge in [0.2, 0.25) is 12.0 Å². The maximum Gasteiger partial charge on any atom is 0.243 e. The maximum atomic E-state index is 13.8. The van der Waals surface area contributed by atoms with Gasteiger partial charge in [-0.05, 0) is 54.8 Å². The molecule has 1 aromatic heterocycles. The molecule has 0 fully saturated rings. The summed E-state index contributed by atoms with van der Waals surface area (Å²) in [5.41, 5.74) is 2.52. The number of alkyl halides is 2. The van der Waals surface area contributed by atoms with Crippen molar-refractivity contribution in [2.45, 2.75) is 81.6 Å². The molecular formula is C29H44F3N5. The molecule has 0 amide bonds. The van der Waals surface area contributed by atoms with E-state index in [2.05, 4.69) is 11.9 Å². The molecule has 3 rings (SSSR count). The number of hydrogen-bond acceptors (Lipinski definition) is 4. The van der Waals surface area contributed by atoms with Gasteiger partial charge in [0.25, 0.3) is 0 Å². The topological polar surface area (TPSA) is 68.8 Å². The van der Waals surface area contributed by atoms with E-state index >= 15 is 0 Å². The molecule has 0 saturated carbocycles. The summed E-state index contributed by atoms with van der Waals surface area (Å²) in [6.45, 7) is 16.5. The Hall–Kier alpha value is -3.16. The van der Waals surface area contributed by atoms with Crippen molar-refractivity contribution >= 4 is 28.7 Å². The largest absolute Gasteiger partial charge is 0.329 e.